The number of benzene rings is 2. The van der Waals surface area contributed by atoms with Crippen LogP contribution in [-0.2, 0) is 14.9 Å². The first-order chi connectivity index (χ1) is 17.0. The molecule has 0 saturated carbocycles. The van der Waals surface area contributed by atoms with Gasteiger partial charge in [-0.3, -0.25) is 9.59 Å². The zero-order valence-corrected chi connectivity index (χ0v) is 21.8. The second-order valence-electron chi connectivity index (χ2n) is 12.0. The van der Waals surface area contributed by atoms with E-state index in [2.05, 4.69) is 32.9 Å². The molecular weight excluding hydrogens is 454 g/mol. The van der Waals surface area contributed by atoms with Gasteiger partial charge in [0.05, 0.1) is 18.2 Å². The van der Waals surface area contributed by atoms with Crippen LogP contribution in [0.1, 0.15) is 87.4 Å². The molecule has 192 valence electrons. The van der Waals surface area contributed by atoms with Crippen LogP contribution in [0.3, 0.4) is 0 Å². The van der Waals surface area contributed by atoms with E-state index in [9.17, 15) is 14.7 Å². The molecule has 0 aliphatic carbocycles. The average Bonchev–Trinajstić information content (AvgIpc) is 3.25. The molecule has 1 amide bonds. The number of carbonyl (C=O) groups is 2. The molecule has 1 spiro atoms. The maximum absolute atomic E-state index is 13.8. The number of rotatable bonds is 4. The Morgan fingerprint density at radius 3 is 2.53 bits per heavy atom. The van der Waals surface area contributed by atoms with Gasteiger partial charge in [-0.1, -0.05) is 51.1 Å². The third kappa shape index (κ3) is 4.30. The highest BCUT2D eigenvalue weighted by atomic mass is 16.5. The Morgan fingerprint density at radius 2 is 1.83 bits per heavy atom. The number of aliphatic carboxylic acids is 1. The minimum absolute atomic E-state index is 0.0255. The van der Waals surface area contributed by atoms with Crippen molar-refractivity contribution in [3.8, 4) is 5.75 Å². The second-order valence-corrected chi connectivity index (χ2v) is 12.0. The topological polar surface area (TPSA) is 76.1 Å². The maximum atomic E-state index is 13.8. The molecule has 2 aromatic carbocycles. The van der Waals surface area contributed by atoms with Gasteiger partial charge < -0.3 is 19.5 Å². The maximum Gasteiger partial charge on any atom is 0.303 e. The zero-order chi connectivity index (χ0) is 25.7. The van der Waals surface area contributed by atoms with Crippen molar-refractivity contribution in [1.82, 2.24) is 4.90 Å². The summed E-state index contributed by atoms with van der Waals surface area (Å²) in [6, 6.07) is 15.9. The summed E-state index contributed by atoms with van der Waals surface area (Å²) < 4.78 is 13.1. The number of fused-ring (bicyclic) bond motifs is 3. The van der Waals surface area contributed by atoms with Crippen LogP contribution in [0, 0.1) is 5.92 Å². The van der Waals surface area contributed by atoms with E-state index in [-0.39, 0.29) is 29.8 Å². The summed E-state index contributed by atoms with van der Waals surface area (Å²) in [5, 5.41) is 9.43. The summed E-state index contributed by atoms with van der Waals surface area (Å²) in [6.45, 7) is 9.69. The molecule has 1 N–H and O–H groups in total. The molecule has 0 unspecified atom stereocenters. The lowest BCUT2D eigenvalue weighted by Crippen LogP contribution is -2.60. The fourth-order valence-electron chi connectivity index (χ4n) is 6.39. The molecule has 2 saturated heterocycles. The number of carboxylic acids is 1. The number of nitrogens with zero attached hydrogens (tertiary/aromatic N) is 1. The summed E-state index contributed by atoms with van der Waals surface area (Å²) >= 11 is 0. The Morgan fingerprint density at radius 1 is 1.11 bits per heavy atom. The van der Waals surface area contributed by atoms with Gasteiger partial charge in [0.1, 0.15) is 11.4 Å². The molecule has 0 radical (unpaired) electrons. The lowest BCUT2D eigenvalue weighted by molar-refractivity contribution is -0.169. The van der Waals surface area contributed by atoms with Crippen LogP contribution in [0.2, 0.25) is 0 Å². The van der Waals surface area contributed by atoms with Gasteiger partial charge in [-0.25, -0.2) is 0 Å². The van der Waals surface area contributed by atoms with Crippen molar-refractivity contribution in [1.29, 1.82) is 0 Å². The van der Waals surface area contributed by atoms with E-state index in [1.54, 1.807) is 0 Å². The number of hydrogen-bond acceptors (Lipinski definition) is 4. The van der Waals surface area contributed by atoms with Gasteiger partial charge in [-0.15, -0.1) is 0 Å². The van der Waals surface area contributed by atoms with Gasteiger partial charge in [0.25, 0.3) is 5.91 Å². The standard InChI is InChI=1S/C30H37NO5/c1-28(2,3)21-12-10-20(11-13-21)27(34)31-17-7-15-30(31)18-23-26(35-19-30)22-8-5-6-9-24(22)36-29(23,4)16-14-25(32)33/h5-6,8-13,23,26H,7,14-19H2,1-4H3,(H,32,33)/t23-,26+,29+,30+/m1/s1. The molecule has 3 heterocycles. The van der Waals surface area contributed by atoms with Crippen LogP contribution in [0.5, 0.6) is 5.75 Å². The fourth-order valence-corrected chi connectivity index (χ4v) is 6.39. The van der Waals surface area contributed by atoms with Crippen molar-refractivity contribution in [2.75, 3.05) is 13.2 Å². The number of ether oxygens (including phenoxy) is 2. The first kappa shape index (κ1) is 24.8. The third-order valence-electron chi connectivity index (χ3n) is 8.52. The van der Waals surface area contributed by atoms with Crippen molar-refractivity contribution >= 4 is 11.9 Å². The largest absolute Gasteiger partial charge is 0.487 e. The summed E-state index contributed by atoms with van der Waals surface area (Å²) in [5.74, 6) is -0.0875. The highest BCUT2D eigenvalue weighted by Gasteiger charge is 2.57. The van der Waals surface area contributed by atoms with E-state index < -0.39 is 17.1 Å². The molecule has 4 atom stereocenters. The highest BCUT2D eigenvalue weighted by molar-refractivity contribution is 5.95. The molecule has 6 nitrogen and oxygen atoms in total. The second kappa shape index (κ2) is 8.91. The van der Waals surface area contributed by atoms with Crippen LogP contribution < -0.4 is 4.74 Å². The van der Waals surface area contributed by atoms with E-state index in [4.69, 9.17) is 9.47 Å². The van der Waals surface area contributed by atoms with E-state index in [1.807, 2.05) is 48.2 Å². The summed E-state index contributed by atoms with van der Waals surface area (Å²) in [4.78, 5) is 27.3. The van der Waals surface area contributed by atoms with Crippen LogP contribution in [-0.4, -0.2) is 46.2 Å². The van der Waals surface area contributed by atoms with Crippen LogP contribution in [0.15, 0.2) is 48.5 Å². The molecular formula is C30H37NO5. The number of amides is 1. The average molecular weight is 492 g/mol. The fraction of sp³-hybridized carbons (Fsp3) is 0.533. The molecule has 0 aromatic heterocycles. The van der Waals surface area contributed by atoms with Gasteiger partial charge >= 0.3 is 5.97 Å². The zero-order valence-electron chi connectivity index (χ0n) is 21.8. The lowest BCUT2D eigenvalue weighted by Gasteiger charge is -2.54. The van der Waals surface area contributed by atoms with Crippen molar-refractivity contribution in [2.45, 2.75) is 82.5 Å². The van der Waals surface area contributed by atoms with Gasteiger partial charge in [0.15, 0.2) is 0 Å². The van der Waals surface area contributed by atoms with Crippen molar-refractivity contribution in [3.63, 3.8) is 0 Å². The van der Waals surface area contributed by atoms with E-state index in [0.29, 0.717) is 25.1 Å². The molecule has 3 aliphatic heterocycles. The molecule has 3 aliphatic rings. The molecule has 2 fully saturated rings. The molecule has 36 heavy (non-hydrogen) atoms. The SMILES string of the molecule is CC(C)(C)c1ccc(C(=O)N2CCC[C@]23CO[C@H]2c4ccccc4O[C@@](C)(CCC(=O)O)[C@@H]2C3)cc1. The monoisotopic (exact) mass is 491 g/mol. The smallest absolute Gasteiger partial charge is 0.303 e. The first-order valence-electron chi connectivity index (χ1n) is 13.1. The molecule has 0 bridgehead atoms. The number of carbonyl (C=O) groups excluding carboxylic acids is 1. The number of carboxylic acid groups (broad SMARTS) is 1. The van der Waals surface area contributed by atoms with Crippen molar-refractivity contribution in [2.24, 2.45) is 5.92 Å². The Balaban J connectivity index is 1.45. The number of hydrogen-bond donors (Lipinski definition) is 1. The van der Waals surface area contributed by atoms with Gasteiger partial charge in [0, 0.05) is 30.0 Å². The number of para-hydroxylation sites is 1. The number of likely N-dealkylation sites (tertiary alicyclic amines) is 1. The molecule has 5 rings (SSSR count). The highest BCUT2D eigenvalue weighted by Crippen LogP contribution is 2.55. The Kier molecular flexibility index (Phi) is 6.14. The minimum atomic E-state index is -0.835. The van der Waals surface area contributed by atoms with Crippen LogP contribution in [0.25, 0.3) is 0 Å². The first-order valence-corrected chi connectivity index (χ1v) is 13.1. The Labute approximate surface area is 213 Å². The van der Waals surface area contributed by atoms with Crippen LogP contribution in [0.4, 0.5) is 0 Å². The van der Waals surface area contributed by atoms with E-state index in [0.717, 1.165) is 30.6 Å². The van der Waals surface area contributed by atoms with E-state index >= 15 is 0 Å². The Hall–Kier alpha value is -2.86. The van der Waals surface area contributed by atoms with Gasteiger partial charge in [0.2, 0.25) is 0 Å². The van der Waals surface area contributed by atoms with Gasteiger partial charge in [-0.05, 0) is 61.8 Å². The predicted molar refractivity (Wildman–Crippen MR) is 137 cm³/mol. The summed E-state index contributed by atoms with van der Waals surface area (Å²) in [6.07, 6.45) is 2.77. The summed E-state index contributed by atoms with van der Waals surface area (Å²) in [5.41, 5.74) is 1.83. The minimum Gasteiger partial charge on any atom is -0.487 e. The lowest BCUT2D eigenvalue weighted by atomic mass is 9.68. The normalized spacial score (nSPS) is 29.4. The summed E-state index contributed by atoms with van der Waals surface area (Å²) in [7, 11) is 0. The van der Waals surface area contributed by atoms with Crippen molar-refractivity contribution in [3.05, 3.63) is 65.2 Å². The molecule has 6 heteroatoms. The van der Waals surface area contributed by atoms with Crippen molar-refractivity contribution < 1.29 is 24.2 Å². The third-order valence-corrected chi connectivity index (χ3v) is 8.52. The van der Waals surface area contributed by atoms with E-state index in [1.165, 1.54) is 5.56 Å². The predicted octanol–water partition coefficient (Wildman–Crippen LogP) is 5.75. The molecule has 2 aromatic rings. The quantitative estimate of drug-likeness (QED) is 0.589. The van der Waals surface area contributed by atoms with Gasteiger partial charge in [-0.2, -0.15) is 0 Å². The Bertz CT molecular complexity index is 1150. The van der Waals surface area contributed by atoms with Crippen LogP contribution >= 0.6 is 0 Å².